The van der Waals surface area contributed by atoms with Gasteiger partial charge in [0.2, 0.25) is 5.91 Å². The molecule has 0 saturated heterocycles. The van der Waals surface area contributed by atoms with Crippen molar-refractivity contribution in [2.45, 2.75) is 5.92 Å². The Balaban J connectivity index is 1.96. The van der Waals surface area contributed by atoms with Crippen LogP contribution in [0.3, 0.4) is 0 Å². The first-order valence-electron chi connectivity index (χ1n) is 5.68. The Kier molecular flexibility index (Phi) is 3.56. The van der Waals surface area contributed by atoms with Gasteiger partial charge in [-0.1, -0.05) is 18.2 Å². The molecule has 0 bridgehead atoms. The van der Waals surface area contributed by atoms with E-state index in [1.54, 1.807) is 0 Å². The molecule has 0 fully saturated rings. The van der Waals surface area contributed by atoms with Gasteiger partial charge < -0.3 is 10.1 Å². The Morgan fingerprint density at radius 3 is 3.00 bits per heavy atom. The summed E-state index contributed by atoms with van der Waals surface area (Å²) in [5.41, 5.74) is 0.887. The molecule has 1 aromatic carbocycles. The molecule has 0 aromatic heterocycles. The van der Waals surface area contributed by atoms with Crippen LogP contribution in [0.1, 0.15) is 11.5 Å². The van der Waals surface area contributed by atoms with Gasteiger partial charge in [-0.25, -0.2) is 0 Å². The lowest BCUT2D eigenvalue weighted by Gasteiger charge is -2.10. The highest BCUT2D eigenvalue weighted by Crippen LogP contribution is 2.33. The summed E-state index contributed by atoms with van der Waals surface area (Å²) in [5.74, 6) is 0.481. The maximum Gasteiger partial charge on any atom is 0.231 e. The van der Waals surface area contributed by atoms with E-state index in [0.29, 0.717) is 6.61 Å². The number of amides is 1. The summed E-state index contributed by atoms with van der Waals surface area (Å²) in [5, 5.41) is 2.70. The smallest absolute Gasteiger partial charge is 0.231 e. The molecule has 1 amide bonds. The van der Waals surface area contributed by atoms with Crippen molar-refractivity contribution in [3.8, 4) is 5.75 Å². The summed E-state index contributed by atoms with van der Waals surface area (Å²) in [4.78, 5) is 11.9. The predicted molar refractivity (Wildman–Crippen MR) is 69.3 cm³/mol. The first-order valence-corrected chi connectivity index (χ1v) is 7.82. The number of rotatable bonds is 4. The average molecular weight is 268 g/mol. The molecule has 98 valence electrons. The second kappa shape index (κ2) is 4.97. The van der Waals surface area contributed by atoms with Crippen LogP contribution in [0.4, 0.5) is 0 Å². The standard InChI is InChI=1S/C12H16N2O3S/c1-18(13,16)7-6-14-12(15)10-8-17-11-5-3-2-4-9(10)11/h2-5,10,13H,6-8H2,1H3,(H,14,15). The number of para-hydroxylation sites is 1. The molecule has 1 aliphatic heterocycles. The summed E-state index contributed by atoms with van der Waals surface area (Å²) in [6.07, 6.45) is 1.37. The molecule has 0 aliphatic carbocycles. The Bertz CT molecular complexity index is 554. The predicted octanol–water partition coefficient (Wildman–Crippen LogP) is 0.955. The van der Waals surface area contributed by atoms with Crippen molar-refractivity contribution in [2.75, 3.05) is 25.2 Å². The number of nitrogens with one attached hydrogen (secondary N) is 2. The molecular formula is C12H16N2O3S. The molecule has 18 heavy (non-hydrogen) atoms. The highest BCUT2D eigenvalue weighted by Gasteiger charge is 2.29. The molecule has 1 aromatic rings. The Labute approximate surface area is 107 Å². The van der Waals surface area contributed by atoms with E-state index < -0.39 is 9.73 Å². The zero-order valence-electron chi connectivity index (χ0n) is 10.1. The van der Waals surface area contributed by atoms with Crippen LogP contribution >= 0.6 is 0 Å². The van der Waals surface area contributed by atoms with Crippen molar-refractivity contribution in [1.82, 2.24) is 5.32 Å². The van der Waals surface area contributed by atoms with E-state index in [1.807, 2.05) is 24.3 Å². The average Bonchev–Trinajstić information content (AvgIpc) is 2.70. The molecule has 0 spiro atoms. The maximum atomic E-state index is 11.9. The van der Waals surface area contributed by atoms with Crippen LogP contribution in [0.2, 0.25) is 0 Å². The summed E-state index contributed by atoms with van der Waals surface area (Å²) in [6.45, 7) is 0.601. The molecule has 2 atom stereocenters. The van der Waals surface area contributed by atoms with E-state index in [9.17, 15) is 9.00 Å². The van der Waals surface area contributed by atoms with Gasteiger partial charge >= 0.3 is 0 Å². The minimum Gasteiger partial charge on any atom is -0.492 e. The lowest BCUT2D eigenvalue weighted by Crippen LogP contribution is -2.33. The van der Waals surface area contributed by atoms with Crippen LogP contribution in [-0.4, -0.2) is 35.3 Å². The van der Waals surface area contributed by atoms with Crippen LogP contribution in [-0.2, 0) is 14.5 Å². The summed E-state index contributed by atoms with van der Waals surface area (Å²) in [6, 6.07) is 7.45. The number of carbonyl (C=O) groups is 1. The number of hydrogen-bond donors (Lipinski definition) is 2. The fourth-order valence-corrected chi connectivity index (χ4v) is 2.36. The third kappa shape index (κ3) is 3.01. The number of carbonyl (C=O) groups excluding carboxylic acids is 1. The van der Waals surface area contributed by atoms with E-state index in [-0.39, 0.29) is 24.1 Å². The fourth-order valence-electron chi connectivity index (χ4n) is 1.87. The van der Waals surface area contributed by atoms with Crippen LogP contribution in [0.15, 0.2) is 24.3 Å². The van der Waals surface area contributed by atoms with Crippen molar-refractivity contribution in [1.29, 1.82) is 4.78 Å². The summed E-state index contributed by atoms with van der Waals surface area (Å²) in [7, 11) is -2.55. The quantitative estimate of drug-likeness (QED) is 0.853. The maximum absolute atomic E-state index is 11.9. The SMILES string of the molecule is CS(=N)(=O)CCNC(=O)C1COc2ccccc21. The third-order valence-corrected chi connectivity index (χ3v) is 3.79. The lowest BCUT2D eigenvalue weighted by molar-refractivity contribution is -0.122. The van der Waals surface area contributed by atoms with Gasteiger partial charge in [0, 0.05) is 33.8 Å². The number of fused-ring (bicyclic) bond motifs is 1. The van der Waals surface area contributed by atoms with E-state index in [4.69, 9.17) is 9.52 Å². The minimum absolute atomic E-state index is 0.136. The molecule has 0 saturated carbocycles. The first kappa shape index (κ1) is 12.9. The van der Waals surface area contributed by atoms with Gasteiger partial charge in [0.05, 0.1) is 0 Å². The molecule has 5 nitrogen and oxygen atoms in total. The van der Waals surface area contributed by atoms with Gasteiger partial charge in [-0.2, -0.15) is 0 Å². The summed E-state index contributed by atoms with van der Waals surface area (Å²) >= 11 is 0. The molecular weight excluding hydrogens is 252 g/mol. The zero-order chi connectivity index (χ0) is 13.2. The molecule has 0 radical (unpaired) electrons. The molecule has 1 aliphatic rings. The zero-order valence-corrected chi connectivity index (χ0v) is 11.0. The number of benzene rings is 1. The first-order chi connectivity index (χ1) is 8.47. The monoisotopic (exact) mass is 268 g/mol. The third-order valence-electron chi connectivity index (χ3n) is 2.81. The molecule has 1 heterocycles. The molecule has 2 N–H and O–H groups in total. The van der Waals surface area contributed by atoms with Crippen LogP contribution in [0.5, 0.6) is 5.75 Å². The van der Waals surface area contributed by atoms with Gasteiger partial charge in [-0.3, -0.25) is 13.8 Å². The summed E-state index contributed by atoms with van der Waals surface area (Å²) < 4.78 is 23.9. The van der Waals surface area contributed by atoms with Crippen molar-refractivity contribution in [3.63, 3.8) is 0 Å². The lowest BCUT2D eigenvalue weighted by atomic mass is 10.0. The van der Waals surface area contributed by atoms with Crippen molar-refractivity contribution >= 4 is 15.6 Å². The van der Waals surface area contributed by atoms with Crippen LogP contribution in [0, 0.1) is 4.78 Å². The topological polar surface area (TPSA) is 79.3 Å². The van der Waals surface area contributed by atoms with Crippen LogP contribution < -0.4 is 10.1 Å². The van der Waals surface area contributed by atoms with E-state index in [0.717, 1.165) is 11.3 Å². The largest absolute Gasteiger partial charge is 0.492 e. The Morgan fingerprint density at radius 1 is 1.56 bits per heavy atom. The van der Waals surface area contributed by atoms with Gasteiger partial charge in [0.15, 0.2) is 0 Å². The highest BCUT2D eigenvalue weighted by molar-refractivity contribution is 7.91. The number of ether oxygens (including phenoxy) is 1. The van der Waals surface area contributed by atoms with Gasteiger partial charge in [0.25, 0.3) is 0 Å². The Morgan fingerprint density at radius 2 is 2.28 bits per heavy atom. The molecule has 2 unspecified atom stereocenters. The van der Waals surface area contributed by atoms with Gasteiger partial charge in [0.1, 0.15) is 18.3 Å². The van der Waals surface area contributed by atoms with E-state index in [2.05, 4.69) is 5.32 Å². The Hall–Kier alpha value is -1.56. The second-order valence-electron chi connectivity index (χ2n) is 4.40. The second-order valence-corrected chi connectivity index (χ2v) is 6.82. The minimum atomic E-state index is -2.55. The van der Waals surface area contributed by atoms with E-state index in [1.165, 1.54) is 6.26 Å². The normalized spacial score (nSPS) is 20.6. The van der Waals surface area contributed by atoms with Crippen molar-refractivity contribution in [2.24, 2.45) is 0 Å². The van der Waals surface area contributed by atoms with Gasteiger partial charge in [-0.15, -0.1) is 0 Å². The number of hydrogen-bond acceptors (Lipinski definition) is 4. The highest BCUT2D eigenvalue weighted by atomic mass is 32.2. The van der Waals surface area contributed by atoms with Gasteiger partial charge in [-0.05, 0) is 6.07 Å². The van der Waals surface area contributed by atoms with Crippen molar-refractivity contribution in [3.05, 3.63) is 29.8 Å². The molecule has 2 rings (SSSR count). The molecule has 6 heteroatoms. The fraction of sp³-hybridized carbons (Fsp3) is 0.417. The van der Waals surface area contributed by atoms with Crippen LogP contribution in [0.25, 0.3) is 0 Å². The van der Waals surface area contributed by atoms with Crippen molar-refractivity contribution < 1.29 is 13.7 Å². The van der Waals surface area contributed by atoms with E-state index >= 15 is 0 Å².